The van der Waals surface area contributed by atoms with Crippen LogP contribution in [0.5, 0.6) is 0 Å². The van der Waals surface area contributed by atoms with Crippen LogP contribution in [0.4, 0.5) is 5.69 Å². The average molecular weight is 328 g/mol. The molecular weight excluding hydrogens is 300 g/mol. The molecule has 2 amide bonds. The van der Waals surface area contributed by atoms with E-state index in [1.165, 1.54) is 24.8 Å². The Labute approximate surface area is 144 Å². The standard InChI is InChI=1S/C20H28N2O2/c1-2-16-10-6-7-11-18(16)22-15-17(14-19(22)23)20(24)21-12-8-4-3-5-9-13-21/h6-7,10-11,17H,2-5,8-9,12-15H2,1H3. The van der Waals surface area contributed by atoms with E-state index in [2.05, 4.69) is 13.0 Å². The first kappa shape index (κ1) is 17.0. The van der Waals surface area contributed by atoms with Gasteiger partial charge in [-0.3, -0.25) is 9.59 Å². The fourth-order valence-corrected chi connectivity index (χ4v) is 3.90. The summed E-state index contributed by atoms with van der Waals surface area (Å²) in [6.07, 6.45) is 7.14. The molecule has 4 nitrogen and oxygen atoms in total. The van der Waals surface area contributed by atoms with Crippen LogP contribution >= 0.6 is 0 Å². The van der Waals surface area contributed by atoms with Crippen molar-refractivity contribution < 1.29 is 9.59 Å². The van der Waals surface area contributed by atoms with Gasteiger partial charge in [0.25, 0.3) is 0 Å². The Balaban J connectivity index is 1.70. The lowest BCUT2D eigenvalue weighted by molar-refractivity contribution is -0.136. The van der Waals surface area contributed by atoms with Crippen LogP contribution in [0.25, 0.3) is 0 Å². The van der Waals surface area contributed by atoms with Crippen molar-refractivity contribution in [3.8, 4) is 0 Å². The van der Waals surface area contributed by atoms with Gasteiger partial charge in [-0.2, -0.15) is 0 Å². The molecule has 1 aromatic carbocycles. The quantitative estimate of drug-likeness (QED) is 0.853. The maximum absolute atomic E-state index is 12.9. The van der Waals surface area contributed by atoms with Gasteiger partial charge in [-0.1, -0.05) is 44.4 Å². The summed E-state index contributed by atoms with van der Waals surface area (Å²) in [5.41, 5.74) is 2.15. The summed E-state index contributed by atoms with van der Waals surface area (Å²) in [5.74, 6) is 0.0878. The number of carbonyl (C=O) groups is 2. The van der Waals surface area contributed by atoms with Crippen molar-refractivity contribution in [3.05, 3.63) is 29.8 Å². The Bertz CT molecular complexity index is 591. The second kappa shape index (κ2) is 7.82. The zero-order chi connectivity index (χ0) is 16.9. The van der Waals surface area contributed by atoms with E-state index in [0.717, 1.165) is 38.0 Å². The van der Waals surface area contributed by atoms with E-state index in [1.807, 2.05) is 28.0 Å². The Morgan fingerprint density at radius 1 is 1.08 bits per heavy atom. The molecule has 2 heterocycles. The van der Waals surface area contributed by atoms with Gasteiger partial charge in [-0.15, -0.1) is 0 Å². The fraction of sp³-hybridized carbons (Fsp3) is 0.600. The molecular formula is C20H28N2O2. The van der Waals surface area contributed by atoms with Gasteiger partial charge < -0.3 is 9.80 Å². The third kappa shape index (κ3) is 3.63. The number of likely N-dealkylation sites (tertiary alicyclic amines) is 1. The van der Waals surface area contributed by atoms with Gasteiger partial charge in [0.2, 0.25) is 11.8 Å². The Morgan fingerprint density at radius 3 is 2.46 bits per heavy atom. The molecule has 0 saturated carbocycles. The highest BCUT2D eigenvalue weighted by Crippen LogP contribution is 2.29. The van der Waals surface area contributed by atoms with Crippen LogP contribution in [-0.4, -0.2) is 36.3 Å². The van der Waals surface area contributed by atoms with Crippen molar-refractivity contribution >= 4 is 17.5 Å². The molecule has 0 N–H and O–H groups in total. The van der Waals surface area contributed by atoms with Gasteiger partial charge in [0.05, 0.1) is 5.92 Å². The van der Waals surface area contributed by atoms with Crippen molar-refractivity contribution in [2.75, 3.05) is 24.5 Å². The predicted octanol–water partition coefficient (Wildman–Crippen LogP) is 3.39. The van der Waals surface area contributed by atoms with Crippen LogP contribution in [0.3, 0.4) is 0 Å². The first-order valence-corrected chi connectivity index (χ1v) is 9.37. The first-order chi connectivity index (χ1) is 11.7. The summed E-state index contributed by atoms with van der Waals surface area (Å²) in [5, 5.41) is 0. The molecule has 2 aliphatic rings. The number of anilines is 1. The van der Waals surface area contributed by atoms with Crippen LogP contribution in [0.1, 0.15) is 51.0 Å². The SMILES string of the molecule is CCc1ccccc1N1CC(C(=O)N2CCCCCCC2)CC1=O. The highest BCUT2D eigenvalue weighted by atomic mass is 16.2. The zero-order valence-corrected chi connectivity index (χ0v) is 14.7. The average Bonchev–Trinajstić information content (AvgIpc) is 2.95. The third-order valence-corrected chi connectivity index (χ3v) is 5.31. The fourth-order valence-electron chi connectivity index (χ4n) is 3.90. The minimum atomic E-state index is -0.179. The molecule has 4 heteroatoms. The number of hydrogen-bond donors (Lipinski definition) is 0. The topological polar surface area (TPSA) is 40.6 Å². The molecule has 2 aliphatic heterocycles. The largest absolute Gasteiger partial charge is 0.342 e. The van der Waals surface area contributed by atoms with Crippen LogP contribution < -0.4 is 4.90 Å². The monoisotopic (exact) mass is 328 g/mol. The number of amides is 2. The Hall–Kier alpha value is -1.84. The predicted molar refractivity (Wildman–Crippen MR) is 95.9 cm³/mol. The van der Waals surface area contributed by atoms with Crippen LogP contribution in [0.15, 0.2) is 24.3 Å². The van der Waals surface area contributed by atoms with Crippen molar-refractivity contribution in [3.63, 3.8) is 0 Å². The van der Waals surface area contributed by atoms with E-state index < -0.39 is 0 Å². The van der Waals surface area contributed by atoms with Gasteiger partial charge in [-0.25, -0.2) is 0 Å². The number of nitrogens with zero attached hydrogens (tertiary/aromatic N) is 2. The zero-order valence-electron chi connectivity index (χ0n) is 14.7. The molecule has 24 heavy (non-hydrogen) atoms. The second-order valence-corrected chi connectivity index (χ2v) is 6.98. The summed E-state index contributed by atoms with van der Waals surface area (Å²) in [7, 11) is 0. The van der Waals surface area contributed by atoms with E-state index in [1.54, 1.807) is 0 Å². The van der Waals surface area contributed by atoms with E-state index in [4.69, 9.17) is 0 Å². The molecule has 0 aliphatic carbocycles. The van der Waals surface area contributed by atoms with E-state index >= 15 is 0 Å². The van der Waals surface area contributed by atoms with Gasteiger partial charge in [0.1, 0.15) is 0 Å². The number of benzene rings is 1. The molecule has 3 rings (SSSR count). The molecule has 2 fully saturated rings. The molecule has 0 bridgehead atoms. The lowest BCUT2D eigenvalue weighted by atomic mass is 10.0. The molecule has 130 valence electrons. The highest BCUT2D eigenvalue weighted by molar-refractivity contribution is 6.00. The number of hydrogen-bond acceptors (Lipinski definition) is 2. The smallest absolute Gasteiger partial charge is 0.228 e. The molecule has 1 unspecified atom stereocenters. The van der Waals surface area contributed by atoms with Crippen molar-refractivity contribution in [1.29, 1.82) is 0 Å². The molecule has 1 aromatic rings. The Kier molecular flexibility index (Phi) is 5.54. The van der Waals surface area contributed by atoms with Gasteiger partial charge in [0.15, 0.2) is 0 Å². The first-order valence-electron chi connectivity index (χ1n) is 9.37. The summed E-state index contributed by atoms with van der Waals surface area (Å²) < 4.78 is 0. The van der Waals surface area contributed by atoms with Crippen LogP contribution in [0, 0.1) is 5.92 Å². The lowest BCUT2D eigenvalue weighted by Gasteiger charge is -2.27. The Morgan fingerprint density at radius 2 is 1.75 bits per heavy atom. The van der Waals surface area contributed by atoms with Crippen molar-refractivity contribution in [2.45, 2.75) is 51.9 Å². The van der Waals surface area contributed by atoms with E-state index in [0.29, 0.717) is 13.0 Å². The third-order valence-electron chi connectivity index (χ3n) is 5.31. The maximum Gasteiger partial charge on any atom is 0.228 e. The van der Waals surface area contributed by atoms with Gasteiger partial charge in [-0.05, 0) is 30.9 Å². The molecule has 0 spiro atoms. The molecule has 0 aromatic heterocycles. The molecule has 2 saturated heterocycles. The van der Waals surface area contributed by atoms with E-state index in [9.17, 15) is 9.59 Å². The summed E-state index contributed by atoms with van der Waals surface area (Å²) in [6.45, 7) is 4.34. The summed E-state index contributed by atoms with van der Waals surface area (Å²) in [6, 6.07) is 8.04. The van der Waals surface area contributed by atoms with E-state index in [-0.39, 0.29) is 17.7 Å². The summed E-state index contributed by atoms with van der Waals surface area (Å²) in [4.78, 5) is 29.2. The number of rotatable bonds is 3. The lowest BCUT2D eigenvalue weighted by Crippen LogP contribution is -2.39. The molecule has 0 radical (unpaired) electrons. The second-order valence-electron chi connectivity index (χ2n) is 6.98. The minimum Gasteiger partial charge on any atom is -0.342 e. The normalized spacial score (nSPS) is 22.4. The number of aryl methyl sites for hydroxylation is 1. The number of carbonyl (C=O) groups excluding carboxylic acids is 2. The number of para-hydroxylation sites is 1. The van der Waals surface area contributed by atoms with Crippen molar-refractivity contribution in [1.82, 2.24) is 4.90 Å². The van der Waals surface area contributed by atoms with Gasteiger partial charge in [0, 0.05) is 31.7 Å². The maximum atomic E-state index is 12.9. The molecule has 1 atom stereocenters. The minimum absolute atomic E-state index is 0.0845. The highest BCUT2D eigenvalue weighted by Gasteiger charge is 2.37. The summed E-state index contributed by atoms with van der Waals surface area (Å²) >= 11 is 0. The van der Waals surface area contributed by atoms with Crippen molar-refractivity contribution in [2.24, 2.45) is 5.92 Å². The van der Waals surface area contributed by atoms with Crippen LogP contribution in [0.2, 0.25) is 0 Å². The van der Waals surface area contributed by atoms with Crippen LogP contribution in [-0.2, 0) is 16.0 Å². The van der Waals surface area contributed by atoms with Gasteiger partial charge >= 0.3 is 0 Å².